The van der Waals surface area contributed by atoms with Crippen LogP contribution in [0.15, 0.2) is 23.4 Å². The highest BCUT2D eigenvalue weighted by Gasteiger charge is 2.33. The minimum absolute atomic E-state index is 0. The molecule has 0 bridgehead atoms. The van der Waals surface area contributed by atoms with Gasteiger partial charge in [-0.2, -0.15) is 17.8 Å². The first-order valence-corrected chi connectivity index (χ1v) is 22.3. The van der Waals surface area contributed by atoms with Gasteiger partial charge in [-0.05, 0) is 13.8 Å². The molecule has 304 valence electrons. The van der Waals surface area contributed by atoms with Crippen LogP contribution in [0.3, 0.4) is 0 Å². The molecule has 4 aromatic heterocycles. The zero-order valence-electron chi connectivity index (χ0n) is 28.7. The van der Waals surface area contributed by atoms with Crippen molar-refractivity contribution >= 4 is 65.6 Å². The van der Waals surface area contributed by atoms with Crippen molar-refractivity contribution in [3.63, 3.8) is 0 Å². The highest BCUT2D eigenvalue weighted by molar-refractivity contribution is 7.61. The molecule has 2 unspecified atom stereocenters. The Bertz CT molecular complexity index is 1930. The molecule has 22 nitrogen and oxygen atoms in total. The highest BCUT2D eigenvalue weighted by Crippen LogP contribution is 2.58. The topological polar surface area (TPSA) is 338 Å². The highest BCUT2D eigenvalue weighted by atomic mass is 35.5. The van der Waals surface area contributed by atoms with Crippen molar-refractivity contribution in [3.8, 4) is 0 Å². The lowest BCUT2D eigenvalue weighted by Gasteiger charge is -2.11. The number of hydrogen-bond acceptors (Lipinski definition) is 16. The maximum atomic E-state index is 11.4. The summed E-state index contributed by atoms with van der Waals surface area (Å²) in [4.78, 5) is 70.9. The second-order valence-electron chi connectivity index (χ2n) is 10.6. The number of nitrogen functional groups attached to an aromatic ring is 2. The van der Waals surface area contributed by atoms with Crippen LogP contribution < -0.4 is 45.4 Å². The molecule has 0 spiro atoms. The molecule has 0 radical (unpaired) electrons. The average Bonchev–Trinajstić information content (AvgIpc) is 3.50. The minimum atomic E-state index is -5.12. The number of nitrogens with zero attached hydrogens (tertiary/aromatic N) is 6. The minimum Gasteiger partial charge on any atom is -1.00 e. The smallest absolute Gasteiger partial charge is 0.481 e. The molecule has 4 rings (SSSR count). The Hall–Kier alpha value is -1.88. The molecule has 0 aliphatic heterocycles. The van der Waals surface area contributed by atoms with Gasteiger partial charge >= 0.3 is 31.3 Å². The molecule has 4 heterocycles. The Kier molecular flexibility index (Phi) is 19.5. The van der Waals surface area contributed by atoms with Crippen molar-refractivity contribution in [1.82, 2.24) is 19.9 Å². The molecule has 30 heteroatoms. The summed E-state index contributed by atoms with van der Waals surface area (Å²) in [5, 5.41) is 0. The van der Waals surface area contributed by atoms with Crippen molar-refractivity contribution in [3.05, 3.63) is 67.3 Å². The van der Waals surface area contributed by atoms with Crippen molar-refractivity contribution in [2.75, 3.05) is 24.7 Å². The zero-order valence-corrected chi connectivity index (χ0v) is 35.4. The zero-order chi connectivity index (χ0) is 39.1. The van der Waals surface area contributed by atoms with E-state index in [1.165, 1.54) is 22.7 Å². The number of halogens is 2. The van der Waals surface area contributed by atoms with Gasteiger partial charge in [-0.25, -0.2) is 38.2 Å². The van der Waals surface area contributed by atoms with E-state index in [2.05, 4.69) is 37.6 Å². The van der Waals surface area contributed by atoms with E-state index in [4.69, 9.17) is 31.0 Å². The first kappa shape index (κ1) is 50.1. The third kappa shape index (κ3) is 17.1. The van der Waals surface area contributed by atoms with Crippen LogP contribution in [0, 0.1) is 27.7 Å². The summed E-state index contributed by atoms with van der Waals surface area (Å²) in [7, 11) is -19.9. The summed E-state index contributed by atoms with van der Waals surface area (Å²) in [6.07, 6.45) is 3.84. The van der Waals surface area contributed by atoms with Crippen LogP contribution in [0.1, 0.15) is 43.9 Å². The van der Waals surface area contributed by atoms with E-state index in [0.717, 1.165) is 32.3 Å². The molecule has 10 N–H and O–H groups in total. The fourth-order valence-electron chi connectivity index (χ4n) is 4.15. The number of hydrogen-bond donors (Lipinski definition) is 8. The van der Waals surface area contributed by atoms with Gasteiger partial charge in [0.15, 0.2) is 24.5 Å². The Morgan fingerprint density at radius 3 is 1.28 bits per heavy atom. The predicted octanol–water partition coefficient (Wildman–Crippen LogP) is -4.31. The molecular formula is C24H38Cl2N8O14P4S2. The molecule has 0 aromatic carbocycles. The molecule has 4 aromatic rings. The van der Waals surface area contributed by atoms with Gasteiger partial charge in [0.25, 0.3) is 0 Å². The van der Waals surface area contributed by atoms with E-state index in [9.17, 15) is 28.0 Å². The van der Waals surface area contributed by atoms with Crippen LogP contribution in [-0.4, -0.2) is 62.5 Å². The van der Waals surface area contributed by atoms with E-state index in [0.29, 0.717) is 36.4 Å². The predicted molar refractivity (Wildman–Crippen MR) is 184 cm³/mol. The van der Waals surface area contributed by atoms with Gasteiger partial charge in [0, 0.05) is 39.1 Å². The number of phosphoric ester groups is 2. The van der Waals surface area contributed by atoms with E-state index in [1.807, 2.05) is 34.0 Å². The number of phosphoric acid groups is 4. The quantitative estimate of drug-likeness (QED) is 0.0389. The molecule has 0 amide bonds. The largest absolute Gasteiger partial charge is 1.00 e. The standard InChI is InChI=1S/2C12H18N4O7P2S.2ClH/c2*1-8-11(3-4-22-25(20,21)23-24(17,18)19)26-7-16(8)6-10-5-14-9(2)15-12(10)13;;/h2*5,7H,3-4,6H2,1-2H3,(H4-,13,14,15,17,18,19,20,21);2*1H. The van der Waals surface area contributed by atoms with Gasteiger partial charge in [-0.3, -0.25) is 9.05 Å². The first-order valence-electron chi connectivity index (χ1n) is 14.5. The summed E-state index contributed by atoms with van der Waals surface area (Å²) < 4.78 is 64.5. The second kappa shape index (κ2) is 21.0. The number of nitrogens with two attached hydrogens (primary N) is 2. The van der Waals surface area contributed by atoms with Crippen LogP contribution in [0.4, 0.5) is 11.6 Å². The van der Waals surface area contributed by atoms with Gasteiger partial charge in [0.1, 0.15) is 23.3 Å². The Labute approximate surface area is 329 Å². The Morgan fingerprint density at radius 1 is 0.648 bits per heavy atom. The lowest BCUT2D eigenvalue weighted by molar-refractivity contribution is -0.689. The third-order valence-corrected chi connectivity index (χ3v) is 13.3. The van der Waals surface area contributed by atoms with Crippen LogP contribution in [0.25, 0.3) is 0 Å². The second-order valence-corrected chi connectivity index (χ2v) is 18.2. The third-order valence-electron chi connectivity index (χ3n) is 6.62. The molecule has 54 heavy (non-hydrogen) atoms. The summed E-state index contributed by atoms with van der Waals surface area (Å²) in [5.74, 6) is 1.97. The maximum Gasteiger partial charge on any atom is 0.481 e. The normalized spacial score (nSPS) is 13.8. The number of aryl methyl sites for hydroxylation is 2. The van der Waals surface area contributed by atoms with E-state index in [-0.39, 0.29) is 50.9 Å². The van der Waals surface area contributed by atoms with Crippen molar-refractivity contribution in [2.45, 2.75) is 53.6 Å². The monoisotopic (exact) mass is 920 g/mol. The van der Waals surface area contributed by atoms with Gasteiger partial charge < -0.3 is 65.6 Å². The van der Waals surface area contributed by atoms with Crippen LogP contribution in [0.2, 0.25) is 0 Å². The first-order chi connectivity index (χ1) is 23.9. The summed E-state index contributed by atoms with van der Waals surface area (Å²) in [6, 6.07) is 0. The Balaban J connectivity index is 0.000000521. The lowest BCUT2D eigenvalue weighted by atomic mass is 10.2. The summed E-state index contributed by atoms with van der Waals surface area (Å²) >= 11 is 2.81. The fourth-order valence-corrected chi connectivity index (χ4v) is 9.28. The average molecular weight is 922 g/mol. The van der Waals surface area contributed by atoms with Gasteiger partial charge in [-0.1, -0.05) is 22.7 Å². The fraction of sp³-hybridized carbons (Fsp3) is 0.417. The van der Waals surface area contributed by atoms with E-state index < -0.39 is 31.3 Å². The van der Waals surface area contributed by atoms with Gasteiger partial charge in [0.2, 0.25) is 11.0 Å². The van der Waals surface area contributed by atoms with Gasteiger partial charge in [-0.15, -0.1) is 0 Å². The van der Waals surface area contributed by atoms with Gasteiger partial charge in [0.05, 0.1) is 34.1 Å². The van der Waals surface area contributed by atoms with Crippen LogP contribution in [0.5, 0.6) is 0 Å². The van der Waals surface area contributed by atoms with Crippen molar-refractivity contribution in [1.29, 1.82) is 0 Å². The molecular weight excluding hydrogens is 883 g/mol. The Morgan fingerprint density at radius 2 is 0.981 bits per heavy atom. The number of anilines is 2. The number of thiazole rings is 2. The molecule has 2 atom stereocenters. The molecule has 0 aliphatic carbocycles. The molecule has 0 aliphatic rings. The maximum absolute atomic E-state index is 11.4. The molecule has 0 fully saturated rings. The van der Waals surface area contributed by atoms with Crippen LogP contribution >= 0.6 is 54.0 Å². The molecule has 0 saturated heterocycles. The van der Waals surface area contributed by atoms with Crippen molar-refractivity contribution < 1.29 is 99.2 Å². The van der Waals surface area contributed by atoms with E-state index in [1.54, 1.807) is 26.2 Å². The summed E-state index contributed by atoms with van der Waals surface area (Å²) in [5.41, 5.74) is 18.8. The SMILES string of the molecule is Cc1ncc(C[n+]2csc(CCOP(=O)(O)OP(=O)(O)O)c2C)c(N)n1.Cc1ncc(C[n+]2csc(CCOP(=O)(O)OP(=O)(O)O)c2C)c(N)n1.[Cl-].[Cl-]. The van der Waals surface area contributed by atoms with Crippen LogP contribution in [-0.2, 0) is 61.9 Å². The number of aromatic nitrogens is 6. The summed E-state index contributed by atoms with van der Waals surface area (Å²) in [6.45, 7) is 7.66. The lowest BCUT2D eigenvalue weighted by Crippen LogP contribution is -3.00. The molecule has 0 saturated carbocycles. The van der Waals surface area contributed by atoms with E-state index >= 15 is 0 Å². The van der Waals surface area contributed by atoms with Crippen molar-refractivity contribution in [2.24, 2.45) is 0 Å². The number of rotatable bonds is 16.